The lowest BCUT2D eigenvalue weighted by molar-refractivity contribution is 0.0892. The van der Waals surface area contributed by atoms with Crippen molar-refractivity contribution >= 4 is 11.6 Å². The zero-order chi connectivity index (χ0) is 12.3. The Balaban J connectivity index is 2.09. The molecule has 1 aliphatic heterocycles. The van der Waals surface area contributed by atoms with Crippen LogP contribution >= 0.6 is 11.6 Å². The highest BCUT2D eigenvalue weighted by Gasteiger charge is 2.26. The minimum atomic E-state index is 0.505. The van der Waals surface area contributed by atoms with E-state index < -0.39 is 0 Å². The van der Waals surface area contributed by atoms with E-state index in [1.807, 2.05) is 12.1 Å². The standard InChI is InChI=1S/C13H20ClN3/c1-10-3-2-4-12(8-15)17(10)9-11-5-6-16-13(14)7-11/h5-7,10,12H,2-4,8-9,15H2,1H3. The second kappa shape index (κ2) is 5.80. The van der Waals surface area contributed by atoms with Crippen molar-refractivity contribution in [1.82, 2.24) is 9.88 Å². The molecule has 17 heavy (non-hydrogen) atoms. The number of rotatable bonds is 3. The molecule has 2 N–H and O–H groups in total. The maximum Gasteiger partial charge on any atom is 0.129 e. The van der Waals surface area contributed by atoms with E-state index in [0.29, 0.717) is 17.2 Å². The van der Waals surface area contributed by atoms with E-state index in [-0.39, 0.29) is 0 Å². The van der Waals surface area contributed by atoms with Gasteiger partial charge in [-0.3, -0.25) is 4.90 Å². The largest absolute Gasteiger partial charge is 0.329 e. The molecule has 0 amide bonds. The summed E-state index contributed by atoms with van der Waals surface area (Å²) in [7, 11) is 0. The molecular weight excluding hydrogens is 234 g/mol. The van der Waals surface area contributed by atoms with E-state index >= 15 is 0 Å². The Bertz CT molecular complexity index is 369. The smallest absolute Gasteiger partial charge is 0.129 e. The van der Waals surface area contributed by atoms with Crippen molar-refractivity contribution in [3.8, 4) is 0 Å². The molecule has 1 fully saturated rings. The van der Waals surface area contributed by atoms with Crippen LogP contribution in [0.25, 0.3) is 0 Å². The van der Waals surface area contributed by atoms with Crippen molar-refractivity contribution < 1.29 is 0 Å². The Hall–Kier alpha value is -0.640. The second-order valence-corrected chi connectivity index (χ2v) is 5.22. The van der Waals surface area contributed by atoms with E-state index in [1.165, 1.54) is 24.8 Å². The molecule has 2 heterocycles. The van der Waals surface area contributed by atoms with Crippen LogP contribution in [0, 0.1) is 0 Å². The van der Waals surface area contributed by atoms with Crippen LogP contribution in [0.2, 0.25) is 5.15 Å². The lowest BCUT2D eigenvalue weighted by Crippen LogP contribution is -2.48. The summed E-state index contributed by atoms with van der Waals surface area (Å²) in [6.07, 6.45) is 5.52. The van der Waals surface area contributed by atoms with Gasteiger partial charge in [-0.05, 0) is 37.5 Å². The number of nitrogens with zero attached hydrogens (tertiary/aromatic N) is 2. The van der Waals surface area contributed by atoms with Gasteiger partial charge in [0.25, 0.3) is 0 Å². The van der Waals surface area contributed by atoms with Crippen molar-refractivity contribution in [1.29, 1.82) is 0 Å². The fourth-order valence-corrected chi connectivity index (χ4v) is 2.83. The first-order valence-corrected chi connectivity index (χ1v) is 6.64. The molecule has 2 atom stereocenters. The number of piperidine rings is 1. The van der Waals surface area contributed by atoms with Gasteiger partial charge in [0.15, 0.2) is 0 Å². The number of halogens is 1. The van der Waals surface area contributed by atoms with E-state index in [9.17, 15) is 0 Å². The highest BCUT2D eigenvalue weighted by Crippen LogP contribution is 2.24. The Morgan fingerprint density at radius 2 is 2.35 bits per heavy atom. The Kier molecular flexibility index (Phi) is 4.37. The topological polar surface area (TPSA) is 42.1 Å². The number of hydrogen-bond donors (Lipinski definition) is 1. The summed E-state index contributed by atoms with van der Waals surface area (Å²) in [4.78, 5) is 6.51. The molecule has 0 radical (unpaired) electrons. The molecule has 0 spiro atoms. The fourth-order valence-electron chi connectivity index (χ4n) is 2.63. The normalized spacial score (nSPS) is 26.1. The van der Waals surface area contributed by atoms with Gasteiger partial charge < -0.3 is 5.73 Å². The average Bonchev–Trinajstić information content (AvgIpc) is 2.32. The first kappa shape index (κ1) is 12.8. The molecule has 4 heteroatoms. The molecular formula is C13H20ClN3. The summed E-state index contributed by atoms with van der Waals surface area (Å²) in [6.45, 7) is 3.94. The van der Waals surface area contributed by atoms with Crippen molar-refractivity contribution in [2.45, 2.75) is 44.8 Å². The minimum absolute atomic E-state index is 0.505. The van der Waals surface area contributed by atoms with Gasteiger partial charge in [0.1, 0.15) is 5.15 Å². The van der Waals surface area contributed by atoms with Gasteiger partial charge in [-0.2, -0.15) is 0 Å². The molecule has 2 unspecified atom stereocenters. The third-order valence-electron chi connectivity index (χ3n) is 3.62. The lowest BCUT2D eigenvalue weighted by atomic mass is 9.96. The zero-order valence-electron chi connectivity index (χ0n) is 10.3. The Morgan fingerprint density at radius 1 is 1.53 bits per heavy atom. The first-order chi connectivity index (χ1) is 8.20. The number of nitrogens with two attached hydrogens (primary N) is 1. The Morgan fingerprint density at radius 3 is 3.06 bits per heavy atom. The van der Waals surface area contributed by atoms with Gasteiger partial charge in [-0.25, -0.2) is 4.98 Å². The highest BCUT2D eigenvalue weighted by atomic mass is 35.5. The number of hydrogen-bond acceptors (Lipinski definition) is 3. The van der Waals surface area contributed by atoms with Crippen LogP contribution in [0.4, 0.5) is 0 Å². The van der Waals surface area contributed by atoms with E-state index in [4.69, 9.17) is 17.3 Å². The second-order valence-electron chi connectivity index (χ2n) is 4.83. The molecule has 2 rings (SSSR count). The molecule has 0 aromatic carbocycles. The van der Waals surface area contributed by atoms with Crippen LogP contribution in [0.1, 0.15) is 31.7 Å². The predicted octanol–water partition coefficient (Wildman–Crippen LogP) is 2.44. The Labute approximate surface area is 108 Å². The van der Waals surface area contributed by atoms with E-state index in [2.05, 4.69) is 16.8 Å². The molecule has 1 aromatic heterocycles. The van der Waals surface area contributed by atoms with Gasteiger partial charge in [0, 0.05) is 31.4 Å². The molecule has 3 nitrogen and oxygen atoms in total. The fraction of sp³-hybridized carbons (Fsp3) is 0.615. The average molecular weight is 254 g/mol. The van der Waals surface area contributed by atoms with E-state index in [1.54, 1.807) is 6.20 Å². The number of likely N-dealkylation sites (tertiary alicyclic amines) is 1. The summed E-state index contributed by atoms with van der Waals surface area (Å²) in [5, 5.41) is 0.566. The summed E-state index contributed by atoms with van der Waals surface area (Å²) >= 11 is 5.91. The summed E-state index contributed by atoms with van der Waals surface area (Å²) in [6, 6.07) is 5.08. The summed E-state index contributed by atoms with van der Waals surface area (Å²) < 4.78 is 0. The molecule has 1 aromatic rings. The van der Waals surface area contributed by atoms with E-state index in [0.717, 1.165) is 13.1 Å². The SMILES string of the molecule is CC1CCCC(CN)N1Cc1ccnc(Cl)c1. The molecule has 1 aliphatic rings. The summed E-state index contributed by atoms with van der Waals surface area (Å²) in [5.41, 5.74) is 7.08. The van der Waals surface area contributed by atoms with Gasteiger partial charge in [0.05, 0.1) is 0 Å². The third-order valence-corrected chi connectivity index (χ3v) is 3.83. The monoisotopic (exact) mass is 253 g/mol. The predicted molar refractivity (Wildman–Crippen MR) is 70.9 cm³/mol. The number of aromatic nitrogens is 1. The van der Waals surface area contributed by atoms with Gasteiger partial charge in [-0.15, -0.1) is 0 Å². The molecule has 1 saturated heterocycles. The zero-order valence-corrected chi connectivity index (χ0v) is 11.0. The van der Waals surface area contributed by atoms with Gasteiger partial charge in [0.2, 0.25) is 0 Å². The van der Waals surface area contributed by atoms with Crippen LogP contribution < -0.4 is 5.73 Å². The van der Waals surface area contributed by atoms with Gasteiger partial charge >= 0.3 is 0 Å². The lowest BCUT2D eigenvalue weighted by Gasteiger charge is -2.40. The maximum absolute atomic E-state index is 5.91. The highest BCUT2D eigenvalue weighted by molar-refractivity contribution is 6.29. The summed E-state index contributed by atoms with van der Waals surface area (Å²) in [5.74, 6) is 0. The van der Waals surface area contributed by atoms with Crippen molar-refractivity contribution in [3.63, 3.8) is 0 Å². The number of pyridine rings is 1. The van der Waals surface area contributed by atoms with Crippen LogP contribution in [-0.4, -0.2) is 28.5 Å². The quantitative estimate of drug-likeness (QED) is 0.842. The molecule has 94 valence electrons. The molecule has 0 aliphatic carbocycles. The minimum Gasteiger partial charge on any atom is -0.329 e. The maximum atomic E-state index is 5.91. The first-order valence-electron chi connectivity index (χ1n) is 6.27. The van der Waals surface area contributed by atoms with Crippen LogP contribution in [0.5, 0.6) is 0 Å². The van der Waals surface area contributed by atoms with Crippen LogP contribution in [-0.2, 0) is 6.54 Å². The van der Waals surface area contributed by atoms with Crippen molar-refractivity contribution in [2.75, 3.05) is 6.54 Å². The van der Waals surface area contributed by atoms with Crippen molar-refractivity contribution in [2.24, 2.45) is 5.73 Å². The van der Waals surface area contributed by atoms with Gasteiger partial charge in [-0.1, -0.05) is 18.0 Å². The van der Waals surface area contributed by atoms with Crippen molar-refractivity contribution in [3.05, 3.63) is 29.0 Å². The molecule has 0 saturated carbocycles. The van der Waals surface area contributed by atoms with Crippen LogP contribution in [0.15, 0.2) is 18.3 Å². The molecule has 0 bridgehead atoms. The van der Waals surface area contributed by atoms with Crippen LogP contribution in [0.3, 0.4) is 0 Å². The third kappa shape index (κ3) is 3.18.